The molecule has 10 nitrogen and oxygen atoms in total. The third-order valence-electron chi connectivity index (χ3n) is 4.56. The molecule has 0 saturated carbocycles. The first-order valence-electron chi connectivity index (χ1n) is 9.58. The SMILES string of the molecule is Cn1nnnc1-c1cccc(NC(=O)c2cccc(NC(=O)CCn3ccnc3)c2)c1. The minimum atomic E-state index is -0.289. The van der Waals surface area contributed by atoms with Crippen LogP contribution in [0.4, 0.5) is 11.4 Å². The van der Waals surface area contributed by atoms with Crippen LogP contribution in [0.25, 0.3) is 11.4 Å². The molecular formula is C21H20N8O2. The van der Waals surface area contributed by atoms with Crippen LogP contribution < -0.4 is 10.6 Å². The van der Waals surface area contributed by atoms with Gasteiger partial charge in [-0.3, -0.25) is 9.59 Å². The fourth-order valence-electron chi connectivity index (χ4n) is 3.02. The molecule has 2 amide bonds. The van der Waals surface area contributed by atoms with E-state index in [2.05, 4.69) is 31.1 Å². The molecule has 0 radical (unpaired) electrons. The zero-order chi connectivity index (χ0) is 21.6. The Bertz CT molecular complexity index is 1200. The second kappa shape index (κ2) is 8.99. The highest BCUT2D eigenvalue weighted by Gasteiger charge is 2.11. The number of rotatable bonds is 7. The summed E-state index contributed by atoms with van der Waals surface area (Å²) in [7, 11) is 1.75. The molecule has 10 heteroatoms. The fourth-order valence-corrected chi connectivity index (χ4v) is 3.02. The van der Waals surface area contributed by atoms with Gasteiger partial charge in [-0.1, -0.05) is 18.2 Å². The lowest BCUT2D eigenvalue weighted by Gasteiger charge is -2.09. The van der Waals surface area contributed by atoms with Gasteiger partial charge >= 0.3 is 0 Å². The van der Waals surface area contributed by atoms with E-state index >= 15 is 0 Å². The molecule has 4 aromatic rings. The summed E-state index contributed by atoms with van der Waals surface area (Å²) in [6, 6.07) is 14.1. The van der Waals surface area contributed by atoms with Crippen LogP contribution >= 0.6 is 0 Å². The molecule has 0 atom stereocenters. The summed E-state index contributed by atoms with van der Waals surface area (Å²) < 4.78 is 3.38. The Morgan fingerprint density at radius 1 is 1.03 bits per heavy atom. The lowest BCUT2D eigenvalue weighted by molar-refractivity contribution is -0.116. The molecule has 2 heterocycles. The molecule has 0 aliphatic carbocycles. The molecule has 0 aliphatic heterocycles. The van der Waals surface area contributed by atoms with Crippen LogP contribution in [-0.2, 0) is 18.4 Å². The number of benzene rings is 2. The minimum absolute atomic E-state index is 0.142. The van der Waals surface area contributed by atoms with Gasteiger partial charge in [-0.05, 0) is 40.8 Å². The van der Waals surface area contributed by atoms with Gasteiger partial charge in [0.1, 0.15) is 0 Å². The molecule has 0 spiro atoms. The summed E-state index contributed by atoms with van der Waals surface area (Å²) in [6.45, 7) is 0.531. The number of amides is 2. The van der Waals surface area contributed by atoms with E-state index in [1.165, 1.54) is 0 Å². The maximum atomic E-state index is 12.7. The lowest BCUT2D eigenvalue weighted by atomic mass is 10.1. The zero-order valence-electron chi connectivity index (χ0n) is 16.8. The number of aryl methyl sites for hydroxylation is 2. The van der Waals surface area contributed by atoms with Crippen molar-refractivity contribution in [3.63, 3.8) is 0 Å². The standard InChI is InChI=1S/C21H20N8O2/c1-28-20(25-26-27-28)15-4-2-7-18(12-15)24-21(31)16-5-3-6-17(13-16)23-19(30)8-10-29-11-9-22-14-29/h2-7,9,11-14H,8,10H2,1H3,(H,23,30)(H,24,31). The molecule has 31 heavy (non-hydrogen) atoms. The van der Waals surface area contributed by atoms with Gasteiger partial charge in [0, 0.05) is 54.9 Å². The van der Waals surface area contributed by atoms with Crippen LogP contribution in [0.2, 0.25) is 0 Å². The lowest BCUT2D eigenvalue weighted by Crippen LogP contribution is -2.15. The summed E-state index contributed by atoms with van der Waals surface area (Å²) in [6.07, 6.45) is 5.43. The molecule has 2 aromatic carbocycles. The monoisotopic (exact) mass is 416 g/mol. The van der Waals surface area contributed by atoms with Crippen molar-refractivity contribution < 1.29 is 9.59 Å². The van der Waals surface area contributed by atoms with Gasteiger partial charge in [0.15, 0.2) is 5.82 Å². The molecule has 0 bridgehead atoms. The van der Waals surface area contributed by atoms with Crippen molar-refractivity contribution in [2.45, 2.75) is 13.0 Å². The van der Waals surface area contributed by atoms with Crippen molar-refractivity contribution in [1.82, 2.24) is 29.8 Å². The maximum Gasteiger partial charge on any atom is 0.255 e. The molecule has 2 aromatic heterocycles. The zero-order valence-corrected chi connectivity index (χ0v) is 16.8. The normalized spacial score (nSPS) is 10.6. The van der Waals surface area contributed by atoms with E-state index in [9.17, 15) is 9.59 Å². The Hall–Kier alpha value is -4.34. The number of nitrogens with one attached hydrogen (secondary N) is 2. The second-order valence-electron chi connectivity index (χ2n) is 6.84. The third kappa shape index (κ3) is 4.99. The molecule has 0 fully saturated rings. The first-order valence-corrected chi connectivity index (χ1v) is 9.58. The predicted molar refractivity (Wildman–Crippen MR) is 114 cm³/mol. The Morgan fingerprint density at radius 2 is 1.84 bits per heavy atom. The van der Waals surface area contributed by atoms with Gasteiger partial charge in [-0.25, -0.2) is 9.67 Å². The largest absolute Gasteiger partial charge is 0.337 e. The van der Waals surface area contributed by atoms with Crippen LogP contribution in [0.3, 0.4) is 0 Å². The second-order valence-corrected chi connectivity index (χ2v) is 6.84. The summed E-state index contributed by atoms with van der Waals surface area (Å²) in [5.74, 6) is 0.163. The number of anilines is 2. The van der Waals surface area contributed by atoms with Crippen molar-refractivity contribution in [2.24, 2.45) is 7.05 Å². The van der Waals surface area contributed by atoms with Crippen LogP contribution in [0.1, 0.15) is 16.8 Å². The Kier molecular flexibility index (Phi) is 5.79. The number of imidazole rings is 1. The Morgan fingerprint density at radius 3 is 2.58 bits per heavy atom. The topological polar surface area (TPSA) is 120 Å². The maximum absolute atomic E-state index is 12.7. The highest BCUT2D eigenvalue weighted by Crippen LogP contribution is 2.20. The van der Waals surface area contributed by atoms with Crippen LogP contribution in [-0.4, -0.2) is 41.6 Å². The van der Waals surface area contributed by atoms with Gasteiger partial charge in [-0.15, -0.1) is 5.10 Å². The van der Waals surface area contributed by atoms with E-state index in [-0.39, 0.29) is 11.8 Å². The molecule has 4 rings (SSSR count). The number of nitrogens with zero attached hydrogens (tertiary/aromatic N) is 6. The highest BCUT2D eigenvalue weighted by atomic mass is 16.2. The van der Waals surface area contributed by atoms with E-state index < -0.39 is 0 Å². The van der Waals surface area contributed by atoms with Gasteiger partial charge in [-0.2, -0.15) is 0 Å². The van der Waals surface area contributed by atoms with E-state index in [0.29, 0.717) is 35.7 Å². The number of carbonyl (C=O) groups excluding carboxylic acids is 2. The van der Waals surface area contributed by atoms with Crippen molar-refractivity contribution >= 4 is 23.2 Å². The average molecular weight is 416 g/mol. The van der Waals surface area contributed by atoms with Crippen molar-refractivity contribution in [1.29, 1.82) is 0 Å². The summed E-state index contributed by atoms with van der Waals surface area (Å²) in [5.41, 5.74) is 2.38. The predicted octanol–water partition coefficient (Wildman–Crippen LogP) is 2.35. The number of tetrazole rings is 1. The molecule has 2 N–H and O–H groups in total. The summed E-state index contributed by atoms with van der Waals surface area (Å²) in [5, 5.41) is 17.1. The molecule has 156 valence electrons. The first-order chi connectivity index (χ1) is 15.1. The Labute approximate surface area is 177 Å². The van der Waals surface area contributed by atoms with E-state index in [0.717, 1.165) is 5.56 Å². The van der Waals surface area contributed by atoms with E-state index in [1.54, 1.807) is 66.8 Å². The molecule has 0 unspecified atom stereocenters. The fraction of sp³-hybridized carbons (Fsp3) is 0.143. The molecule has 0 aliphatic rings. The quantitative estimate of drug-likeness (QED) is 0.477. The number of aromatic nitrogens is 6. The van der Waals surface area contributed by atoms with Crippen LogP contribution in [0.15, 0.2) is 67.3 Å². The van der Waals surface area contributed by atoms with E-state index in [1.807, 2.05) is 16.7 Å². The van der Waals surface area contributed by atoms with Crippen molar-refractivity contribution in [3.8, 4) is 11.4 Å². The Balaban J connectivity index is 1.40. The summed E-state index contributed by atoms with van der Waals surface area (Å²) >= 11 is 0. The number of hydrogen-bond acceptors (Lipinski definition) is 6. The van der Waals surface area contributed by atoms with Crippen LogP contribution in [0, 0.1) is 0 Å². The van der Waals surface area contributed by atoms with Gasteiger partial charge < -0.3 is 15.2 Å². The number of hydrogen-bond donors (Lipinski definition) is 2. The first kappa shape index (κ1) is 20.0. The highest BCUT2D eigenvalue weighted by molar-refractivity contribution is 6.05. The van der Waals surface area contributed by atoms with Gasteiger partial charge in [0.05, 0.1) is 6.33 Å². The van der Waals surface area contributed by atoms with E-state index in [4.69, 9.17) is 0 Å². The third-order valence-corrected chi connectivity index (χ3v) is 4.56. The molecule has 0 saturated heterocycles. The number of carbonyl (C=O) groups is 2. The van der Waals surface area contributed by atoms with Crippen LogP contribution in [0.5, 0.6) is 0 Å². The average Bonchev–Trinajstić information content (AvgIpc) is 3.44. The summed E-state index contributed by atoms with van der Waals surface area (Å²) in [4.78, 5) is 28.9. The van der Waals surface area contributed by atoms with Gasteiger partial charge in [0.2, 0.25) is 5.91 Å². The minimum Gasteiger partial charge on any atom is -0.337 e. The molecular weight excluding hydrogens is 396 g/mol. The van der Waals surface area contributed by atoms with Crippen molar-refractivity contribution in [2.75, 3.05) is 10.6 Å². The smallest absolute Gasteiger partial charge is 0.255 e. The van der Waals surface area contributed by atoms with Gasteiger partial charge in [0.25, 0.3) is 5.91 Å². The van der Waals surface area contributed by atoms with Crippen molar-refractivity contribution in [3.05, 3.63) is 72.8 Å².